The molecule has 0 fully saturated rings. The van der Waals surface area contributed by atoms with Crippen molar-refractivity contribution in [3.63, 3.8) is 0 Å². The average molecular weight is 280 g/mol. The third-order valence-corrected chi connectivity index (χ3v) is 3.83. The Balaban J connectivity index is 2.13. The number of thioether (sulfide) groups is 1. The molecule has 1 N–H and O–H groups in total. The molecule has 0 atom stereocenters. The molecule has 1 heterocycles. The van der Waals surface area contributed by atoms with Gasteiger partial charge in [-0.3, -0.25) is 0 Å². The fourth-order valence-corrected chi connectivity index (χ4v) is 2.78. The summed E-state index contributed by atoms with van der Waals surface area (Å²) < 4.78 is 0. The maximum absolute atomic E-state index is 4.75. The van der Waals surface area contributed by atoms with Crippen LogP contribution in [0.25, 0.3) is 22.5 Å². The van der Waals surface area contributed by atoms with E-state index in [-0.39, 0.29) is 0 Å². The van der Waals surface area contributed by atoms with Gasteiger partial charge >= 0.3 is 0 Å². The Morgan fingerprint density at radius 2 is 1.50 bits per heavy atom. The highest BCUT2D eigenvalue weighted by atomic mass is 32.2. The van der Waals surface area contributed by atoms with Crippen molar-refractivity contribution in [1.82, 2.24) is 9.97 Å². The molecule has 0 aliphatic carbocycles. The number of aromatic amines is 1. The molecule has 2 nitrogen and oxygen atoms in total. The smallest absolute Gasteiger partial charge is 0.166 e. The zero-order valence-electron chi connectivity index (χ0n) is 11.3. The summed E-state index contributed by atoms with van der Waals surface area (Å²) in [4.78, 5) is 8.20. The van der Waals surface area contributed by atoms with E-state index in [4.69, 9.17) is 4.98 Å². The molecule has 3 rings (SSSR count). The number of hydrogen-bond acceptors (Lipinski definition) is 2. The largest absolute Gasteiger partial charge is 0.332 e. The highest BCUT2D eigenvalue weighted by Gasteiger charge is 2.13. The molecule has 0 amide bonds. The molecule has 0 saturated carbocycles. The minimum Gasteiger partial charge on any atom is -0.332 e. The predicted molar refractivity (Wildman–Crippen MR) is 85.9 cm³/mol. The summed E-state index contributed by atoms with van der Waals surface area (Å²) in [5.74, 6) is 1.01. The number of nitrogens with zero attached hydrogens (tertiary/aromatic N) is 1. The topological polar surface area (TPSA) is 28.7 Å². The van der Waals surface area contributed by atoms with Gasteiger partial charge in [-0.1, -0.05) is 79.3 Å². The minimum atomic E-state index is 0.977. The van der Waals surface area contributed by atoms with E-state index in [1.54, 1.807) is 11.8 Å². The summed E-state index contributed by atoms with van der Waals surface area (Å²) in [6.45, 7) is 2.14. The second-order valence-electron chi connectivity index (χ2n) is 4.43. The number of aromatic nitrogens is 2. The molecule has 20 heavy (non-hydrogen) atoms. The van der Waals surface area contributed by atoms with Crippen LogP contribution < -0.4 is 0 Å². The zero-order valence-corrected chi connectivity index (χ0v) is 12.2. The van der Waals surface area contributed by atoms with Gasteiger partial charge in [0.25, 0.3) is 0 Å². The Morgan fingerprint density at radius 3 is 2.10 bits per heavy atom. The van der Waals surface area contributed by atoms with Crippen LogP contribution in [0.15, 0.2) is 65.8 Å². The van der Waals surface area contributed by atoms with Crippen molar-refractivity contribution in [2.24, 2.45) is 0 Å². The van der Waals surface area contributed by atoms with Crippen LogP contribution in [0.5, 0.6) is 0 Å². The molecule has 1 aromatic heterocycles. The van der Waals surface area contributed by atoms with Crippen LogP contribution in [-0.4, -0.2) is 15.7 Å². The second kappa shape index (κ2) is 5.97. The standard InChI is InChI=1S/C17H16N2S/c1-2-20-17-18-15(13-9-5-3-6-10-13)16(19-17)14-11-7-4-8-12-14/h3-12H,2H2,1H3,(H,18,19). The van der Waals surface area contributed by atoms with E-state index in [9.17, 15) is 0 Å². The molecule has 0 spiro atoms. The summed E-state index contributed by atoms with van der Waals surface area (Å²) in [6.07, 6.45) is 0. The van der Waals surface area contributed by atoms with E-state index in [2.05, 4.69) is 48.3 Å². The van der Waals surface area contributed by atoms with E-state index in [0.717, 1.165) is 27.9 Å². The normalized spacial score (nSPS) is 10.7. The molecule has 0 radical (unpaired) electrons. The number of imidazole rings is 1. The van der Waals surface area contributed by atoms with Crippen LogP contribution in [0.1, 0.15) is 6.92 Å². The average Bonchev–Trinajstić information content (AvgIpc) is 2.93. The summed E-state index contributed by atoms with van der Waals surface area (Å²) in [7, 11) is 0. The molecular weight excluding hydrogens is 264 g/mol. The van der Waals surface area contributed by atoms with Gasteiger partial charge in [0.2, 0.25) is 0 Å². The highest BCUT2D eigenvalue weighted by molar-refractivity contribution is 7.99. The van der Waals surface area contributed by atoms with Crippen molar-refractivity contribution in [3.8, 4) is 22.5 Å². The molecule has 0 saturated heterocycles. The van der Waals surface area contributed by atoms with Crippen molar-refractivity contribution >= 4 is 11.8 Å². The van der Waals surface area contributed by atoms with Crippen molar-refractivity contribution in [1.29, 1.82) is 0 Å². The number of hydrogen-bond donors (Lipinski definition) is 1. The van der Waals surface area contributed by atoms with E-state index in [1.165, 1.54) is 5.56 Å². The van der Waals surface area contributed by atoms with Crippen molar-refractivity contribution in [2.75, 3.05) is 5.75 Å². The molecule has 0 unspecified atom stereocenters. The Morgan fingerprint density at radius 1 is 0.900 bits per heavy atom. The van der Waals surface area contributed by atoms with E-state index < -0.39 is 0 Å². The van der Waals surface area contributed by atoms with Crippen LogP contribution >= 0.6 is 11.8 Å². The lowest BCUT2D eigenvalue weighted by Crippen LogP contribution is -1.82. The van der Waals surface area contributed by atoms with Crippen LogP contribution in [0.2, 0.25) is 0 Å². The van der Waals surface area contributed by atoms with Gasteiger partial charge in [0.05, 0.1) is 11.4 Å². The molecule has 100 valence electrons. The summed E-state index contributed by atoms with van der Waals surface area (Å²) in [5, 5.41) is 0.977. The third-order valence-electron chi connectivity index (χ3n) is 3.07. The van der Waals surface area contributed by atoms with Gasteiger partial charge in [0.15, 0.2) is 5.16 Å². The van der Waals surface area contributed by atoms with E-state index in [1.807, 2.05) is 24.3 Å². The number of rotatable bonds is 4. The first kappa shape index (κ1) is 13.0. The molecule has 0 bridgehead atoms. The highest BCUT2D eigenvalue weighted by Crippen LogP contribution is 2.32. The Hall–Kier alpha value is -2.00. The lowest BCUT2D eigenvalue weighted by atomic mass is 10.1. The van der Waals surface area contributed by atoms with E-state index >= 15 is 0 Å². The molecule has 3 heteroatoms. The van der Waals surface area contributed by atoms with Crippen molar-refractivity contribution < 1.29 is 0 Å². The molecule has 3 aromatic rings. The number of nitrogens with one attached hydrogen (secondary N) is 1. The van der Waals surface area contributed by atoms with Gasteiger partial charge in [-0.05, 0) is 5.75 Å². The maximum atomic E-state index is 4.75. The summed E-state index contributed by atoms with van der Waals surface area (Å²) in [5.41, 5.74) is 4.42. The summed E-state index contributed by atoms with van der Waals surface area (Å²) in [6, 6.07) is 20.7. The van der Waals surface area contributed by atoms with Crippen LogP contribution in [0.4, 0.5) is 0 Å². The molecular formula is C17H16N2S. The van der Waals surface area contributed by atoms with Gasteiger partial charge in [-0.2, -0.15) is 0 Å². The lowest BCUT2D eigenvalue weighted by molar-refractivity contribution is 1.06. The SMILES string of the molecule is CCSc1nc(-c2ccccc2)c(-c2ccccc2)[nH]1. The summed E-state index contributed by atoms with van der Waals surface area (Å²) >= 11 is 1.73. The van der Waals surface area contributed by atoms with Crippen LogP contribution in [0.3, 0.4) is 0 Å². The fraction of sp³-hybridized carbons (Fsp3) is 0.118. The van der Waals surface area contributed by atoms with Gasteiger partial charge < -0.3 is 4.98 Å². The Kier molecular flexibility index (Phi) is 3.88. The number of H-pyrrole nitrogens is 1. The predicted octanol–water partition coefficient (Wildman–Crippen LogP) is 4.86. The van der Waals surface area contributed by atoms with Crippen LogP contribution in [0, 0.1) is 0 Å². The first-order valence-corrected chi connectivity index (χ1v) is 7.70. The first-order valence-electron chi connectivity index (χ1n) is 6.72. The van der Waals surface area contributed by atoms with Gasteiger partial charge in [-0.15, -0.1) is 0 Å². The lowest BCUT2D eigenvalue weighted by Gasteiger charge is -2.02. The molecule has 0 aliphatic rings. The monoisotopic (exact) mass is 280 g/mol. The van der Waals surface area contributed by atoms with E-state index in [0.29, 0.717) is 0 Å². The van der Waals surface area contributed by atoms with Crippen LogP contribution in [-0.2, 0) is 0 Å². The second-order valence-corrected chi connectivity index (χ2v) is 5.68. The van der Waals surface area contributed by atoms with Gasteiger partial charge in [0, 0.05) is 11.1 Å². The Labute approximate surface area is 123 Å². The Bertz CT molecular complexity index is 618. The van der Waals surface area contributed by atoms with Gasteiger partial charge in [0.1, 0.15) is 0 Å². The van der Waals surface area contributed by atoms with Gasteiger partial charge in [-0.25, -0.2) is 4.98 Å². The first-order chi connectivity index (χ1) is 9.88. The fourth-order valence-electron chi connectivity index (χ4n) is 2.18. The number of benzene rings is 2. The third kappa shape index (κ3) is 2.63. The molecule has 2 aromatic carbocycles. The minimum absolute atomic E-state index is 0.977. The quantitative estimate of drug-likeness (QED) is 0.692. The van der Waals surface area contributed by atoms with Crippen molar-refractivity contribution in [3.05, 3.63) is 60.7 Å². The molecule has 0 aliphatic heterocycles. The van der Waals surface area contributed by atoms with Crippen molar-refractivity contribution in [2.45, 2.75) is 12.1 Å². The maximum Gasteiger partial charge on any atom is 0.166 e. The zero-order chi connectivity index (χ0) is 13.8.